The van der Waals surface area contributed by atoms with Crippen LogP contribution in [0.25, 0.3) is 0 Å². The van der Waals surface area contributed by atoms with E-state index in [4.69, 9.17) is 15.0 Å². The molecule has 0 aromatic carbocycles. The third-order valence-corrected chi connectivity index (χ3v) is 1.39. The molecule has 1 rings (SSSR count). The van der Waals surface area contributed by atoms with E-state index in [2.05, 4.69) is 10.5 Å². The van der Waals surface area contributed by atoms with Crippen LogP contribution in [0.15, 0.2) is 10.6 Å². The number of hydrogen-bond donors (Lipinski definition) is 2. The van der Waals surface area contributed by atoms with Gasteiger partial charge in [0.1, 0.15) is 5.60 Å². The first-order chi connectivity index (χ1) is 6.90. The van der Waals surface area contributed by atoms with Crippen molar-refractivity contribution in [1.29, 1.82) is 0 Å². The van der Waals surface area contributed by atoms with E-state index < -0.39 is 11.7 Å². The SMILES string of the molecule is CC(C)(C)OC(=O)Nc1cc(CN)on1. The molecule has 15 heavy (non-hydrogen) atoms. The maximum Gasteiger partial charge on any atom is 0.413 e. The van der Waals surface area contributed by atoms with Crippen molar-refractivity contribution in [2.45, 2.75) is 32.9 Å². The standard InChI is InChI=1S/C9H15N3O3/c1-9(2,3)14-8(13)11-7-4-6(5-10)15-12-7/h4H,5,10H2,1-3H3,(H,11,12,13). The van der Waals surface area contributed by atoms with Gasteiger partial charge in [-0.05, 0) is 20.8 Å². The Kier molecular flexibility index (Phi) is 3.31. The van der Waals surface area contributed by atoms with E-state index in [0.717, 1.165) is 0 Å². The van der Waals surface area contributed by atoms with Gasteiger partial charge in [-0.15, -0.1) is 0 Å². The Balaban J connectivity index is 2.51. The maximum atomic E-state index is 11.3. The molecular formula is C9H15N3O3. The Morgan fingerprint density at radius 1 is 1.67 bits per heavy atom. The van der Waals surface area contributed by atoms with Crippen LogP contribution in [0.5, 0.6) is 0 Å². The second-order valence-electron chi connectivity index (χ2n) is 4.01. The lowest BCUT2D eigenvalue weighted by molar-refractivity contribution is 0.0634. The summed E-state index contributed by atoms with van der Waals surface area (Å²) in [4.78, 5) is 11.3. The molecule has 1 aromatic heterocycles. The molecule has 0 bridgehead atoms. The highest BCUT2D eigenvalue weighted by molar-refractivity contribution is 5.83. The van der Waals surface area contributed by atoms with Gasteiger partial charge < -0.3 is 15.0 Å². The predicted molar refractivity (Wildman–Crippen MR) is 54.3 cm³/mol. The second kappa shape index (κ2) is 4.31. The maximum absolute atomic E-state index is 11.3. The van der Waals surface area contributed by atoms with E-state index in [1.165, 1.54) is 0 Å². The highest BCUT2D eigenvalue weighted by atomic mass is 16.6. The van der Waals surface area contributed by atoms with Crippen molar-refractivity contribution in [2.24, 2.45) is 5.73 Å². The van der Waals surface area contributed by atoms with Crippen LogP contribution in [-0.4, -0.2) is 16.9 Å². The molecule has 6 nitrogen and oxygen atoms in total. The van der Waals surface area contributed by atoms with Crippen molar-refractivity contribution >= 4 is 11.9 Å². The normalized spacial score (nSPS) is 11.2. The minimum absolute atomic E-state index is 0.239. The van der Waals surface area contributed by atoms with E-state index in [0.29, 0.717) is 11.6 Å². The number of rotatable bonds is 2. The molecule has 0 spiro atoms. The number of nitrogens with two attached hydrogens (primary N) is 1. The molecule has 3 N–H and O–H groups in total. The van der Waals surface area contributed by atoms with Gasteiger partial charge in [-0.25, -0.2) is 4.79 Å². The van der Waals surface area contributed by atoms with Crippen LogP contribution in [-0.2, 0) is 11.3 Å². The lowest BCUT2D eigenvalue weighted by Gasteiger charge is -2.18. The second-order valence-corrected chi connectivity index (χ2v) is 4.01. The van der Waals surface area contributed by atoms with Gasteiger partial charge in [0.2, 0.25) is 0 Å². The van der Waals surface area contributed by atoms with Crippen molar-refractivity contribution in [3.8, 4) is 0 Å². The average molecular weight is 213 g/mol. The average Bonchev–Trinajstić information content (AvgIpc) is 2.48. The molecule has 6 heteroatoms. The molecule has 1 amide bonds. The van der Waals surface area contributed by atoms with Crippen LogP contribution >= 0.6 is 0 Å². The van der Waals surface area contributed by atoms with E-state index in [1.54, 1.807) is 26.8 Å². The monoisotopic (exact) mass is 213 g/mol. The Bertz CT molecular complexity index is 341. The molecule has 0 aliphatic carbocycles. The van der Waals surface area contributed by atoms with Gasteiger partial charge in [-0.3, -0.25) is 5.32 Å². The van der Waals surface area contributed by atoms with Crippen molar-refractivity contribution in [3.05, 3.63) is 11.8 Å². The van der Waals surface area contributed by atoms with Gasteiger partial charge in [0.05, 0.1) is 6.54 Å². The van der Waals surface area contributed by atoms with E-state index in [9.17, 15) is 4.79 Å². The van der Waals surface area contributed by atoms with Gasteiger partial charge in [-0.1, -0.05) is 5.16 Å². The third-order valence-electron chi connectivity index (χ3n) is 1.39. The van der Waals surface area contributed by atoms with Crippen LogP contribution < -0.4 is 11.1 Å². The zero-order valence-corrected chi connectivity index (χ0v) is 9.03. The van der Waals surface area contributed by atoms with Crippen LogP contribution in [0.1, 0.15) is 26.5 Å². The van der Waals surface area contributed by atoms with Crippen LogP contribution in [0.2, 0.25) is 0 Å². The molecule has 0 aliphatic heterocycles. The van der Waals surface area contributed by atoms with Crippen molar-refractivity contribution in [3.63, 3.8) is 0 Å². The summed E-state index contributed by atoms with van der Waals surface area (Å²) in [7, 11) is 0. The molecule has 0 unspecified atom stereocenters. The quantitative estimate of drug-likeness (QED) is 0.776. The fourth-order valence-electron chi connectivity index (χ4n) is 0.876. The Morgan fingerprint density at radius 2 is 2.33 bits per heavy atom. The van der Waals surface area contributed by atoms with Crippen molar-refractivity contribution in [1.82, 2.24) is 5.16 Å². The Morgan fingerprint density at radius 3 is 2.80 bits per heavy atom. The number of ether oxygens (including phenoxy) is 1. The summed E-state index contributed by atoms with van der Waals surface area (Å²) >= 11 is 0. The largest absolute Gasteiger partial charge is 0.444 e. The molecule has 0 fully saturated rings. The van der Waals surface area contributed by atoms with E-state index in [1.807, 2.05) is 0 Å². The van der Waals surface area contributed by atoms with Crippen LogP contribution in [0, 0.1) is 0 Å². The summed E-state index contributed by atoms with van der Waals surface area (Å²) in [6, 6.07) is 1.55. The first-order valence-electron chi connectivity index (χ1n) is 4.56. The first-order valence-corrected chi connectivity index (χ1v) is 4.56. The Labute approximate surface area is 87.8 Å². The number of anilines is 1. The zero-order valence-electron chi connectivity index (χ0n) is 9.03. The van der Waals surface area contributed by atoms with Crippen LogP contribution in [0.4, 0.5) is 10.6 Å². The molecule has 0 radical (unpaired) electrons. The molecule has 0 atom stereocenters. The minimum atomic E-state index is -0.570. The van der Waals surface area contributed by atoms with E-state index in [-0.39, 0.29) is 6.54 Å². The highest BCUT2D eigenvalue weighted by Crippen LogP contribution is 2.11. The summed E-state index contributed by atoms with van der Waals surface area (Å²) in [5, 5.41) is 6.02. The number of carbonyl (C=O) groups excluding carboxylic acids is 1. The smallest absolute Gasteiger partial charge is 0.413 e. The van der Waals surface area contributed by atoms with Crippen molar-refractivity contribution in [2.75, 3.05) is 5.32 Å². The highest BCUT2D eigenvalue weighted by Gasteiger charge is 2.17. The third kappa shape index (κ3) is 3.99. The van der Waals surface area contributed by atoms with Gasteiger partial charge in [-0.2, -0.15) is 0 Å². The molecule has 1 heterocycles. The first kappa shape index (κ1) is 11.5. The summed E-state index contributed by atoms with van der Waals surface area (Å²) in [5.41, 5.74) is 4.78. The van der Waals surface area contributed by atoms with Gasteiger partial charge in [0, 0.05) is 6.07 Å². The van der Waals surface area contributed by atoms with Crippen molar-refractivity contribution < 1.29 is 14.1 Å². The zero-order chi connectivity index (χ0) is 11.5. The summed E-state index contributed by atoms with van der Waals surface area (Å²) in [6.45, 7) is 5.57. The fourth-order valence-corrected chi connectivity index (χ4v) is 0.876. The van der Waals surface area contributed by atoms with E-state index >= 15 is 0 Å². The summed E-state index contributed by atoms with van der Waals surface area (Å²) in [6.07, 6.45) is -0.570. The number of hydrogen-bond acceptors (Lipinski definition) is 5. The van der Waals surface area contributed by atoms with Gasteiger partial charge >= 0.3 is 6.09 Å². The molecule has 84 valence electrons. The predicted octanol–water partition coefficient (Wildman–Crippen LogP) is 1.48. The Hall–Kier alpha value is -1.56. The molecule has 0 saturated carbocycles. The summed E-state index contributed by atoms with van der Waals surface area (Å²) < 4.78 is 9.82. The molecule has 0 aliphatic rings. The lowest BCUT2D eigenvalue weighted by atomic mass is 10.2. The van der Waals surface area contributed by atoms with Crippen LogP contribution in [0.3, 0.4) is 0 Å². The topological polar surface area (TPSA) is 90.4 Å². The number of amides is 1. The minimum Gasteiger partial charge on any atom is -0.444 e. The fraction of sp³-hybridized carbons (Fsp3) is 0.556. The number of aromatic nitrogens is 1. The number of nitrogens with zero attached hydrogens (tertiary/aromatic N) is 1. The van der Waals surface area contributed by atoms with Gasteiger partial charge in [0.15, 0.2) is 11.6 Å². The molecular weight excluding hydrogens is 198 g/mol. The summed E-state index contributed by atoms with van der Waals surface area (Å²) in [5.74, 6) is 0.797. The lowest BCUT2D eigenvalue weighted by Crippen LogP contribution is -2.27. The number of carbonyl (C=O) groups is 1. The van der Waals surface area contributed by atoms with Gasteiger partial charge in [0.25, 0.3) is 0 Å². The number of nitrogens with one attached hydrogen (secondary N) is 1. The molecule has 1 aromatic rings. The molecule has 0 saturated heterocycles.